The minimum Gasteiger partial charge on any atom is -0.495 e. The van der Waals surface area contributed by atoms with E-state index in [1.807, 2.05) is 60.2 Å². The predicted octanol–water partition coefficient (Wildman–Crippen LogP) is 3.71. The Balaban J connectivity index is 1.82. The van der Waals surface area contributed by atoms with Crippen LogP contribution in [0.3, 0.4) is 0 Å². The molecular formula is C18H19N3O2S. The fourth-order valence-electron chi connectivity index (χ4n) is 2.63. The van der Waals surface area contributed by atoms with Crippen molar-refractivity contribution in [1.82, 2.24) is 9.55 Å². The molecule has 6 heteroatoms. The second-order valence-corrected chi connectivity index (χ2v) is 6.23. The molecule has 0 spiro atoms. The number of benzene rings is 2. The largest absolute Gasteiger partial charge is 0.495 e. The van der Waals surface area contributed by atoms with Gasteiger partial charge in [0.15, 0.2) is 0 Å². The second kappa shape index (κ2) is 6.97. The van der Waals surface area contributed by atoms with Crippen molar-refractivity contribution in [3.63, 3.8) is 0 Å². The summed E-state index contributed by atoms with van der Waals surface area (Å²) < 4.78 is 7.28. The fourth-order valence-corrected chi connectivity index (χ4v) is 3.06. The summed E-state index contributed by atoms with van der Waals surface area (Å²) in [6, 6.07) is 13.5. The number of para-hydroxylation sites is 2. The van der Waals surface area contributed by atoms with Gasteiger partial charge in [-0.1, -0.05) is 12.1 Å². The van der Waals surface area contributed by atoms with Crippen molar-refractivity contribution in [3.05, 3.63) is 48.3 Å². The number of imidazole rings is 1. The molecule has 1 amide bonds. The molecule has 5 nitrogen and oxygen atoms in total. The Bertz CT molecular complexity index is 889. The number of methoxy groups -OCH3 is 1. The van der Waals surface area contributed by atoms with Gasteiger partial charge >= 0.3 is 0 Å². The lowest BCUT2D eigenvalue weighted by molar-refractivity contribution is -0.116. The van der Waals surface area contributed by atoms with E-state index < -0.39 is 0 Å². The molecule has 3 aromatic rings. The summed E-state index contributed by atoms with van der Waals surface area (Å²) in [4.78, 5) is 18.0. The molecule has 0 atom stereocenters. The van der Waals surface area contributed by atoms with E-state index in [0.29, 0.717) is 11.4 Å². The first-order chi connectivity index (χ1) is 11.6. The second-order valence-electron chi connectivity index (χ2n) is 5.35. The first kappa shape index (κ1) is 16.4. The lowest BCUT2D eigenvalue weighted by Gasteiger charge is -2.12. The highest BCUT2D eigenvalue weighted by Crippen LogP contribution is 2.29. The number of amides is 1. The van der Waals surface area contributed by atoms with Crippen molar-refractivity contribution in [2.45, 2.75) is 18.4 Å². The molecule has 0 radical (unpaired) electrons. The number of anilines is 1. The third-order valence-electron chi connectivity index (χ3n) is 3.83. The van der Waals surface area contributed by atoms with Crippen LogP contribution in [0.15, 0.2) is 47.4 Å². The van der Waals surface area contributed by atoms with Gasteiger partial charge in [0, 0.05) is 4.90 Å². The van der Waals surface area contributed by atoms with Crippen molar-refractivity contribution in [3.8, 4) is 5.75 Å². The molecule has 2 aromatic carbocycles. The Morgan fingerprint density at radius 1 is 1.29 bits per heavy atom. The molecule has 124 valence electrons. The Morgan fingerprint density at radius 3 is 2.83 bits per heavy atom. The van der Waals surface area contributed by atoms with Crippen LogP contribution in [0.2, 0.25) is 0 Å². The summed E-state index contributed by atoms with van der Waals surface area (Å²) in [5, 5.41) is 2.92. The average Bonchev–Trinajstić information content (AvgIpc) is 2.91. The molecule has 24 heavy (non-hydrogen) atoms. The zero-order valence-corrected chi connectivity index (χ0v) is 14.7. The van der Waals surface area contributed by atoms with Crippen LogP contribution < -0.4 is 10.1 Å². The molecule has 1 heterocycles. The monoisotopic (exact) mass is 341 g/mol. The van der Waals surface area contributed by atoms with E-state index in [4.69, 9.17) is 4.74 Å². The van der Waals surface area contributed by atoms with Crippen LogP contribution in [0.1, 0.15) is 5.82 Å². The third kappa shape index (κ3) is 3.23. The van der Waals surface area contributed by atoms with Crippen LogP contribution in [-0.2, 0) is 11.3 Å². The first-order valence-electron chi connectivity index (χ1n) is 7.56. The Hall–Kier alpha value is -2.47. The van der Waals surface area contributed by atoms with Crippen LogP contribution in [0.5, 0.6) is 5.75 Å². The molecule has 0 fully saturated rings. The molecule has 0 saturated carbocycles. The Kier molecular flexibility index (Phi) is 4.76. The highest BCUT2D eigenvalue weighted by Gasteiger charge is 2.13. The number of aryl methyl sites for hydroxylation is 1. The summed E-state index contributed by atoms with van der Waals surface area (Å²) in [5.41, 5.74) is 2.52. The lowest BCUT2D eigenvalue weighted by Crippen LogP contribution is -2.19. The number of nitrogens with zero attached hydrogens (tertiary/aromatic N) is 2. The number of fused-ring (bicyclic) bond motifs is 1. The SMILES string of the molecule is COc1cc(SC)ccc1NC(=O)Cn1c(C)nc2ccccc21. The van der Waals surface area contributed by atoms with Crippen LogP contribution in [0, 0.1) is 6.92 Å². The first-order valence-corrected chi connectivity index (χ1v) is 8.78. The minimum atomic E-state index is -0.114. The molecule has 0 bridgehead atoms. The number of nitrogens with one attached hydrogen (secondary N) is 1. The Morgan fingerprint density at radius 2 is 2.08 bits per heavy atom. The number of carbonyl (C=O) groups is 1. The molecule has 0 aliphatic heterocycles. The molecule has 0 saturated heterocycles. The fraction of sp³-hybridized carbons (Fsp3) is 0.222. The Labute approximate surface area is 145 Å². The predicted molar refractivity (Wildman–Crippen MR) is 97.9 cm³/mol. The summed E-state index contributed by atoms with van der Waals surface area (Å²) >= 11 is 1.63. The summed E-state index contributed by atoms with van der Waals surface area (Å²) in [6.45, 7) is 2.11. The van der Waals surface area contributed by atoms with Gasteiger partial charge in [-0.05, 0) is 43.5 Å². The molecule has 0 unspecified atom stereocenters. The van der Waals surface area contributed by atoms with E-state index in [1.54, 1.807) is 18.9 Å². The number of thioether (sulfide) groups is 1. The standard InChI is InChI=1S/C18H19N3O2S/c1-12-19-14-6-4-5-7-16(14)21(12)11-18(22)20-15-9-8-13(24-3)10-17(15)23-2/h4-10H,11H2,1-3H3,(H,20,22). The molecule has 1 N–H and O–H groups in total. The van der Waals surface area contributed by atoms with Crippen molar-refractivity contribution >= 4 is 34.4 Å². The smallest absolute Gasteiger partial charge is 0.244 e. The number of hydrogen-bond donors (Lipinski definition) is 1. The highest BCUT2D eigenvalue weighted by atomic mass is 32.2. The minimum absolute atomic E-state index is 0.114. The van der Waals surface area contributed by atoms with E-state index in [-0.39, 0.29) is 12.5 Å². The van der Waals surface area contributed by atoms with E-state index in [0.717, 1.165) is 21.8 Å². The van der Waals surface area contributed by atoms with E-state index in [1.165, 1.54) is 0 Å². The topological polar surface area (TPSA) is 56.1 Å². The number of ether oxygens (including phenoxy) is 1. The number of hydrogen-bond acceptors (Lipinski definition) is 4. The van der Waals surface area contributed by atoms with Crippen LogP contribution in [0.25, 0.3) is 11.0 Å². The van der Waals surface area contributed by atoms with Gasteiger partial charge in [-0.3, -0.25) is 4.79 Å². The van der Waals surface area contributed by atoms with Crippen molar-refractivity contribution in [2.75, 3.05) is 18.7 Å². The van der Waals surface area contributed by atoms with Crippen LogP contribution >= 0.6 is 11.8 Å². The number of aromatic nitrogens is 2. The van der Waals surface area contributed by atoms with Crippen LogP contribution in [-0.4, -0.2) is 28.8 Å². The molecular weight excluding hydrogens is 322 g/mol. The van der Waals surface area contributed by atoms with Gasteiger partial charge in [-0.2, -0.15) is 0 Å². The summed E-state index contributed by atoms with van der Waals surface area (Å²) in [7, 11) is 1.60. The number of rotatable bonds is 5. The van der Waals surface area contributed by atoms with E-state index in [2.05, 4.69) is 10.3 Å². The van der Waals surface area contributed by atoms with Gasteiger partial charge in [-0.25, -0.2) is 4.98 Å². The molecule has 0 aliphatic rings. The molecule has 3 rings (SSSR count). The molecule has 1 aromatic heterocycles. The van der Waals surface area contributed by atoms with Crippen molar-refractivity contribution in [2.24, 2.45) is 0 Å². The van der Waals surface area contributed by atoms with E-state index >= 15 is 0 Å². The zero-order valence-electron chi connectivity index (χ0n) is 13.9. The maximum Gasteiger partial charge on any atom is 0.244 e. The van der Waals surface area contributed by atoms with Gasteiger partial charge in [-0.15, -0.1) is 11.8 Å². The zero-order chi connectivity index (χ0) is 17.1. The lowest BCUT2D eigenvalue weighted by atomic mass is 10.3. The maximum absolute atomic E-state index is 12.5. The molecule has 0 aliphatic carbocycles. The van der Waals surface area contributed by atoms with Crippen molar-refractivity contribution < 1.29 is 9.53 Å². The van der Waals surface area contributed by atoms with Gasteiger partial charge < -0.3 is 14.6 Å². The van der Waals surface area contributed by atoms with Crippen LogP contribution in [0.4, 0.5) is 5.69 Å². The summed E-state index contributed by atoms with van der Waals surface area (Å²) in [5.74, 6) is 1.36. The van der Waals surface area contributed by atoms with Crippen molar-refractivity contribution in [1.29, 1.82) is 0 Å². The number of carbonyl (C=O) groups excluding carboxylic acids is 1. The highest BCUT2D eigenvalue weighted by molar-refractivity contribution is 7.98. The quantitative estimate of drug-likeness (QED) is 0.719. The van der Waals surface area contributed by atoms with Gasteiger partial charge in [0.25, 0.3) is 0 Å². The van der Waals surface area contributed by atoms with Gasteiger partial charge in [0.1, 0.15) is 18.1 Å². The van der Waals surface area contributed by atoms with Gasteiger partial charge in [0.2, 0.25) is 5.91 Å². The summed E-state index contributed by atoms with van der Waals surface area (Å²) in [6.07, 6.45) is 2.00. The maximum atomic E-state index is 12.5. The normalized spacial score (nSPS) is 10.8. The van der Waals surface area contributed by atoms with E-state index in [9.17, 15) is 4.79 Å². The third-order valence-corrected chi connectivity index (χ3v) is 4.56. The average molecular weight is 341 g/mol. The van der Waals surface area contributed by atoms with Gasteiger partial charge in [0.05, 0.1) is 23.8 Å².